The Morgan fingerprint density at radius 2 is 1.67 bits per heavy atom. The fraction of sp³-hybridized carbons (Fsp3) is 0.400. The molecule has 0 N–H and O–H groups in total. The van der Waals surface area contributed by atoms with Gasteiger partial charge < -0.3 is 6.42 Å². The SMILES string of the molecule is C#C[C-](C)C.[V]. The monoisotopic (exact) mass is 118 g/mol. The van der Waals surface area contributed by atoms with E-state index in [2.05, 4.69) is 5.92 Å². The molecule has 33 valence electrons. The van der Waals surface area contributed by atoms with Crippen molar-refractivity contribution in [3.05, 3.63) is 5.92 Å². The average Bonchev–Trinajstić information content (AvgIpc) is 1.38. The smallest absolute Gasteiger partial charge is 0 e. The van der Waals surface area contributed by atoms with Gasteiger partial charge in [-0.2, -0.15) is 5.92 Å². The van der Waals surface area contributed by atoms with Crippen molar-refractivity contribution in [1.82, 2.24) is 0 Å². The molecule has 6 heavy (non-hydrogen) atoms. The summed E-state index contributed by atoms with van der Waals surface area (Å²) in [5.74, 6) is 3.48. The zero-order chi connectivity index (χ0) is 4.28. The molecule has 0 aromatic carbocycles. The second kappa shape index (κ2) is 5.01. The van der Waals surface area contributed by atoms with E-state index in [1.165, 1.54) is 0 Å². The molecule has 0 amide bonds. The molecule has 0 fully saturated rings. The minimum Gasteiger partial charge on any atom is -0.344 e. The molecule has 0 saturated heterocycles. The van der Waals surface area contributed by atoms with E-state index in [4.69, 9.17) is 6.42 Å². The van der Waals surface area contributed by atoms with E-state index < -0.39 is 0 Å². The van der Waals surface area contributed by atoms with E-state index in [0.717, 1.165) is 5.92 Å². The predicted octanol–water partition coefficient (Wildman–Crippen LogP) is 1.23. The molecule has 0 aliphatic rings. The molecule has 0 rings (SSSR count). The Kier molecular flexibility index (Phi) is 7.84. The zero-order valence-electron chi connectivity index (χ0n) is 4.02. The fourth-order valence-corrected chi connectivity index (χ4v) is 0. The first-order valence-corrected chi connectivity index (χ1v) is 1.54. The summed E-state index contributed by atoms with van der Waals surface area (Å²) in [5, 5.41) is 0. The first kappa shape index (κ1) is 9.38. The van der Waals surface area contributed by atoms with Crippen LogP contribution in [0.1, 0.15) is 13.8 Å². The van der Waals surface area contributed by atoms with Gasteiger partial charge in [-0.1, -0.05) is 0 Å². The first-order valence-electron chi connectivity index (χ1n) is 1.54. The van der Waals surface area contributed by atoms with Crippen LogP contribution in [0, 0.1) is 18.3 Å². The molecule has 0 aromatic rings. The van der Waals surface area contributed by atoms with Gasteiger partial charge >= 0.3 is 0 Å². The van der Waals surface area contributed by atoms with Crippen molar-refractivity contribution in [2.45, 2.75) is 13.8 Å². The van der Waals surface area contributed by atoms with Crippen LogP contribution >= 0.6 is 0 Å². The number of hydrogen-bond donors (Lipinski definition) is 0. The van der Waals surface area contributed by atoms with Crippen LogP contribution in [-0.2, 0) is 18.6 Å². The van der Waals surface area contributed by atoms with Gasteiger partial charge in [0, 0.05) is 18.6 Å². The zero-order valence-corrected chi connectivity index (χ0v) is 5.42. The van der Waals surface area contributed by atoms with Crippen molar-refractivity contribution < 1.29 is 18.6 Å². The van der Waals surface area contributed by atoms with Crippen LogP contribution in [-0.4, -0.2) is 0 Å². The third kappa shape index (κ3) is 8.99. The molecule has 0 atom stereocenters. The number of hydrogen-bond acceptors (Lipinski definition) is 0. The van der Waals surface area contributed by atoms with Gasteiger partial charge in [0.15, 0.2) is 0 Å². The van der Waals surface area contributed by atoms with Crippen LogP contribution in [0.25, 0.3) is 0 Å². The molecule has 1 radical (unpaired) electrons. The third-order valence-corrected chi connectivity index (χ3v) is 0.289. The molecule has 0 nitrogen and oxygen atoms in total. The van der Waals surface area contributed by atoms with E-state index in [1.54, 1.807) is 0 Å². The molecule has 0 unspecified atom stereocenters. The maximum atomic E-state index is 4.88. The van der Waals surface area contributed by atoms with Gasteiger partial charge in [-0.05, 0) is 0 Å². The minimum absolute atomic E-state index is 0. The van der Waals surface area contributed by atoms with Gasteiger partial charge in [0.1, 0.15) is 0 Å². The summed E-state index contributed by atoms with van der Waals surface area (Å²) >= 11 is 0. The van der Waals surface area contributed by atoms with Crippen molar-refractivity contribution in [3.8, 4) is 12.3 Å². The van der Waals surface area contributed by atoms with E-state index in [-0.39, 0.29) is 18.6 Å². The average molecular weight is 118 g/mol. The maximum absolute atomic E-state index is 4.88. The summed E-state index contributed by atoms with van der Waals surface area (Å²) in [6, 6.07) is 0. The van der Waals surface area contributed by atoms with Crippen molar-refractivity contribution in [1.29, 1.82) is 0 Å². The van der Waals surface area contributed by atoms with Crippen molar-refractivity contribution in [2.24, 2.45) is 0 Å². The van der Waals surface area contributed by atoms with Crippen LogP contribution in [0.4, 0.5) is 0 Å². The van der Waals surface area contributed by atoms with Gasteiger partial charge in [-0.15, -0.1) is 13.8 Å². The number of rotatable bonds is 0. The first-order chi connectivity index (χ1) is 2.27. The Balaban J connectivity index is 0. The summed E-state index contributed by atoms with van der Waals surface area (Å²) in [6.07, 6.45) is 4.88. The fourth-order valence-electron chi connectivity index (χ4n) is 0. The van der Waals surface area contributed by atoms with E-state index in [9.17, 15) is 0 Å². The van der Waals surface area contributed by atoms with Crippen molar-refractivity contribution >= 4 is 0 Å². The predicted molar refractivity (Wildman–Crippen MR) is 23.4 cm³/mol. The Hall–Kier alpha value is 0.0144. The van der Waals surface area contributed by atoms with Crippen LogP contribution in [0.3, 0.4) is 0 Å². The molecule has 1 heteroatoms. The summed E-state index contributed by atoms with van der Waals surface area (Å²) < 4.78 is 0. The molecule has 0 bridgehead atoms. The standard InChI is InChI=1S/C5H7.V/c1-4-5(2)3;/h1H,2-3H3;/q-1;. The Morgan fingerprint density at radius 3 is 1.67 bits per heavy atom. The third-order valence-electron chi connectivity index (χ3n) is 0.289. The Labute approximate surface area is 51.2 Å². The molecular weight excluding hydrogens is 111 g/mol. The van der Waals surface area contributed by atoms with Gasteiger partial charge in [-0.25, -0.2) is 0 Å². The van der Waals surface area contributed by atoms with Crippen molar-refractivity contribution in [3.63, 3.8) is 0 Å². The van der Waals surface area contributed by atoms with Gasteiger partial charge in [0.25, 0.3) is 0 Å². The minimum atomic E-state index is 0. The summed E-state index contributed by atoms with van der Waals surface area (Å²) in [7, 11) is 0. The molecule has 0 saturated carbocycles. The molecular formula is C5H7V-. The molecule has 0 spiro atoms. The van der Waals surface area contributed by atoms with Crippen LogP contribution in [0.5, 0.6) is 0 Å². The molecule has 0 aromatic heterocycles. The van der Waals surface area contributed by atoms with Gasteiger partial charge in [0.2, 0.25) is 0 Å². The largest absolute Gasteiger partial charge is 0.344 e. The van der Waals surface area contributed by atoms with E-state index >= 15 is 0 Å². The molecule has 0 aliphatic carbocycles. The Bertz CT molecular complexity index is 49.4. The Morgan fingerprint density at radius 1 is 1.50 bits per heavy atom. The van der Waals surface area contributed by atoms with Crippen LogP contribution in [0.2, 0.25) is 0 Å². The van der Waals surface area contributed by atoms with Crippen molar-refractivity contribution in [2.75, 3.05) is 0 Å². The molecule has 0 heterocycles. The summed E-state index contributed by atoms with van der Waals surface area (Å²) in [6.45, 7) is 3.81. The topological polar surface area (TPSA) is 0 Å². The van der Waals surface area contributed by atoms with Crippen LogP contribution < -0.4 is 0 Å². The second-order valence-corrected chi connectivity index (χ2v) is 1.14. The summed E-state index contributed by atoms with van der Waals surface area (Å²) in [5.41, 5.74) is 0. The number of terminal acetylenes is 1. The van der Waals surface area contributed by atoms with E-state index in [1.807, 2.05) is 13.8 Å². The van der Waals surface area contributed by atoms with E-state index in [0.29, 0.717) is 0 Å². The van der Waals surface area contributed by atoms with Crippen LogP contribution in [0.15, 0.2) is 0 Å². The molecule has 0 aliphatic heterocycles. The second-order valence-electron chi connectivity index (χ2n) is 1.14. The maximum Gasteiger partial charge on any atom is 0 e. The van der Waals surface area contributed by atoms with Gasteiger partial charge in [-0.3, -0.25) is 5.92 Å². The van der Waals surface area contributed by atoms with Gasteiger partial charge in [0.05, 0.1) is 0 Å². The summed E-state index contributed by atoms with van der Waals surface area (Å²) in [4.78, 5) is 0. The quantitative estimate of drug-likeness (QED) is 0.331. The normalized spacial score (nSPS) is 4.83.